The monoisotopic (exact) mass is 365 g/mol. The lowest BCUT2D eigenvalue weighted by atomic mass is 9.95. The Balaban J connectivity index is 1.52. The summed E-state index contributed by atoms with van der Waals surface area (Å²) in [5.41, 5.74) is 7.10. The van der Waals surface area contributed by atoms with Crippen LogP contribution < -0.4 is 11.1 Å². The SMILES string of the molecule is NC(=O)c1cccc(C(=O)N2CCC(C(=O)NCc3ccccc3)CC2)c1. The molecule has 2 aromatic carbocycles. The average Bonchev–Trinajstić information content (AvgIpc) is 2.72. The Morgan fingerprint density at radius 3 is 2.30 bits per heavy atom. The Hall–Kier alpha value is -3.15. The number of nitrogens with zero attached hydrogens (tertiary/aromatic N) is 1. The number of rotatable bonds is 5. The number of nitrogens with two attached hydrogens (primary N) is 1. The van der Waals surface area contributed by atoms with Crippen LogP contribution in [0.1, 0.15) is 39.1 Å². The van der Waals surface area contributed by atoms with Gasteiger partial charge in [-0.25, -0.2) is 0 Å². The first-order valence-corrected chi connectivity index (χ1v) is 9.05. The molecule has 0 unspecified atom stereocenters. The lowest BCUT2D eigenvalue weighted by molar-refractivity contribution is -0.126. The smallest absolute Gasteiger partial charge is 0.253 e. The predicted molar refractivity (Wildman–Crippen MR) is 102 cm³/mol. The van der Waals surface area contributed by atoms with E-state index >= 15 is 0 Å². The van der Waals surface area contributed by atoms with Gasteiger partial charge in [-0.05, 0) is 36.6 Å². The summed E-state index contributed by atoms with van der Waals surface area (Å²) in [6.07, 6.45) is 1.25. The Labute approximate surface area is 158 Å². The van der Waals surface area contributed by atoms with Crippen LogP contribution in [-0.4, -0.2) is 35.7 Å². The van der Waals surface area contributed by atoms with E-state index in [0.29, 0.717) is 43.6 Å². The number of primary amides is 1. The van der Waals surface area contributed by atoms with E-state index in [0.717, 1.165) is 5.56 Å². The third kappa shape index (κ3) is 4.73. The van der Waals surface area contributed by atoms with Crippen LogP contribution in [0.4, 0.5) is 0 Å². The molecular weight excluding hydrogens is 342 g/mol. The quantitative estimate of drug-likeness (QED) is 0.848. The van der Waals surface area contributed by atoms with E-state index in [1.807, 2.05) is 30.3 Å². The second kappa shape index (κ2) is 8.49. The second-order valence-corrected chi connectivity index (χ2v) is 6.71. The number of amides is 3. The van der Waals surface area contributed by atoms with E-state index in [1.165, 1.54) is 6.07 Å². The lowest BCUT2D eigenvalue weighted by Gasteiger charge is -2.31. The van der Waals surface area contributed by atoms with Gasteiger partial charge in [-0.15, -0.1) is 0 Å². The first-order valence-electron chi connectivity index (χ1n) is 9.05. The molecule has 27 heavy (non-hydrogen) atoms. The first-order chi connectivity index (χ1) is 13.0. The molecule has 1 heterocycles. The van der Waals surface area contributed by atoms with Crippen molar-refractivity contribution in [2.75, 3.05) is 13.1 Å². The first kappa shape index (κ1) is 18.6. The van der Waals surface area contributed by atoms with Crippen LogP contribution >= 0.6 is 0 Å². The van der Waals surface area contributed by atoms with Crippen molar-refractivity contribution in [3.63, 3.8) is 0 Å². The van der Waals surface area contributed by atoms with Crippen LogP contribution in [0.2, 0.25) is 0 Å². The van der Waals surface area contributed by atoms with E-state index in [1.54, 1.807) is 23.1 Å². The van der Waals surface area contributed by atoms with Gasteiger partial charge in [-0.3, -0.25) is 14.4 Å². The number of hydrogen-bond acceptors (Lipinski definition) is 3. The van der Waals surface area contributed by atoms with E-state index < -0.39 is 5.91 Å². The maximum absolute atomic E-state index is 12.6. The van der Waals surface area contributed by atoms with E-state index in [2.05, 4.69) is 5.32 Å². The molecule has 6 heteroatoms. The zero-order chi connectivity index (χ0) is 19.2. The van der Waals surface area contributed by atoms with Gasteiger partial charge in [0.05, 0.1) is 0 Å². The molecule has 3 amide bonds. The van der Waals surface area contributed by atoms with Gasteiger partial charge in [-0.1, -0.05) is 36.4 Å². The van der Waals surface area contributed by atoms with Crippen LogP contribution in [-0.2, 0) is 11.3 Å². The van der Waals surface area contributed by atoms with E-state index in [-0.39, 0.29) is 17.7 Å². The fourth-order valence-corrected chi connectivity index (χ4v) is 3.26. The van der Waals surface area contributed by atoms with Crippen molar-refractivity contribution < 1.29 is 14.4 Å². The third-order valence-electron chi connectivity index (χ3n) is 4.86. The molecule has 3 rings (SSSR count). The zero-order valence-corrected chi connectivity index (χ0v) is 15.1. The standard InChI is InChI=1S/C21H23N3O3/c22-19(25)17-7-4-8-18(13-17)21(27)24-11-9-16(10-12-24)20(26)23-14-15-5-2-1-3-6-15/h1-8,13,16H,9-12,14H2,(H2,22,25)(H,23,26). The molecule has 1 aliphatic heterocycles. The number of benzene rings is 2. The van der Waals surface area contributed by atoms with Crippen molar-refractivity contribution in [1.82, 2.24) is 10.2 Å². The van der Waals surface area contributed by atoms with Gasteiger partial charge in [0.2, 0.25) is 11.8 Å². The topological polar surface area (TPSA) is 92.5 Å². The minimum atomic E-state index is -0.557. The Kier molecular flexibility index (Phi) is 5.86. The summed E-state index contributed by atoms with van der Waals surface area (Å²) in [7, 11) is 0. The average molecular weight is 365 g/mol. The van der Waals surface area contributed by atoms with Gasteiger partial charge in [0, 0.05) is 36.7 Å². The molecular formula is C21H23N3O3. The molecule has 0 aliphatic carbocycles. The molecule has 1 fully saturated rings. The maximum Gasteiger partial charge on any atom is 0.253 e. The summed E-state index contributed by atoms with van der Waals surface area (Å²) in [5.74, 6) is -0.754. The summed E-state index contributed by atoms with van der Waals surface area (Å²) in [5, 5.41) is 2.97. The highest BCUT2D eigenvalue weighted by Gasteiger charge is 2.27. The van der Waals surface area contributed by atoms with Gasteiger partial charge in [-0.2, -0.15) is 0 Å². The normalized spacial score (nSPS) is 14.6. The Bertz CT molecular complexity index is 828. The van der Waals surface area contributed by atoms with Gasteiger partial charge in [0.15, 0.2) is 0 Å². The molecule has 0 radical (unpaired) electrons. The molecule has 140 valence electrons. The molecule has 1 aliphatic rings. The molecule has 0 saturated carbocycles. The van der Waals surface area contributed by atoms with Crippen molar-refractivity contribution >= 4 is 17.7 Å². The van der Waals surface area contributed by atoms with Crippen molar-refractivity contribution in [2.45, 2.75) is 19.4 Å². The second-order valence-electron chi connectivity index (χ2n) is 6.71. The van der Waals surface area contributed by atoms with E-state index in [9.17, 15) is 14.4 Å². The van der Waals surface area contributed by atoms with Gasteiger partial charge >= 0.3 is 0 Å². The molecule has 3 N–H and O–H groups in total. The Morgan fingerprint density at radius 1 is 0.963 bits per heavy atom. The van der Waals surface area contributed by atoms with Gasteiger partial charge in [0.1, 0.15) is 0 Å². The highest BCUT2D eigenvalue weighted by molar-refractivity contribution is 5.99. The summed E-state index contributed by atoms with van der Waals surface area (Å²) < 4.78 is 0. The number of nitrogens with one attached hydrogen (secondary N) is 1. The zero-order valence-electron chi connectivity index (χ0n) is 15.1. The van der Waals surface area contributed by atoms with Crippen molar-refractivity contribution in [3.8, 4) is 0 Å². The van der Waals surface area contributed by atoms with Crippen LogP contribution in [0, 0.1) is 5.92 Å². The number of piperidine rings is 1. The number of likely N-dealkylation sites (tertiary alicyclic amines) is 1. The summed E-state index contributed by atoms with van der Waals surface area (Å²) in [6, 6.07) is 16.2. The van der Waals surface area contributed by atoms with E-state index in [4.69, 9.17) is 5.73 Å². The van der Waals surface area contributed by atoms with Gasteiger partial charge in [0.25, 0.3) is 5.91 Å². The number of carbonyl (C=O) groups excluding carboxylic acids is 3. The fraction of sp³-hybridized carbons (Fsp3) is 0.286. The minimum absolute atomic E-state index is 0.0293. The van der Waals surface area contributed by atoms with Crippen LogP contribution in [0.3, 0.4) is 0 Å². The molecule has 0 aromatic heterocycles. The number of carbonyl (C=O) groups is 3. The summed E-state index contributed by atoms with van der Waals surface area (Å²) in [4.78, 5) is 38.0. The molecule has 0 spiro atoms. The summed E-state index contributed by atoms with van der Waals surface area (Å²) >= 11 is 0. The predicted octanol–water partition coefficient (Wildman–Crippen LogP) is 1.95. The van der Waals surface area contributed by atoms with Crippen LogP contribution in [0.5, 0.6) is 0 Å². The summed E-state index contributed by atoms with van der Waals surface area (Å²) in [6.45, 7) is 1.55. The van der Waals surface area contributed by atoms with Crippen molar-refractivity contribution in [1.29, 1.82) is 0 Å². The highest BCUT2D eigenvalue weighted by Crippen LogP contribution is 2.20. The largest absolute Gasteiger partial charge is 0.366 e. The molecule has 0 bridgehead atoms. The molecule has 2 aromatic rings. The fourth-order valence-electron chi connectivity index (χ4n) is 3.26. The van der Waals surface area contributed by atoms with Gasteiger partial charge < -0.3 is 16.0 Å². The van der Waals surface area contributed by atoms with Crippen molar-refractivity contribution in [2.24, 2.45) is 11.7 Å². The Morgan fingerprint density at radius 2 is 1.63 bits per heavy atom. The van der Waals surface area contributed by atoms with Crippen LogP contribution in [0.15, 0.2) is 54.6 Å². The molecule has 0 atom stereocenters. The third-order valence-corrected chi connectivity index (χ3v) is 4.86. The minimum Gasteiger partial charge on any atom is -0.366 e. The lowest BCUT2D eigenvalue weighted by Crippen LogP contribution is -2.43. The maximum atomic E-state index is 12.6. The van der Waals surface area contributed by atoms with Crippen molar-refractivity contribution in [3.05, 3.63) is 71.3 Å². The molecule has 1 saturated heterocycles. The highest BCUT2D eigenvalue weighted by atomic mass is 16.2. The molecule has 6 nitrogen and oxygen atoms in total. The van der Waals surface area contributed by atoms with Crippen LogP contribution in [0.25, 0.3) is 0 Å². The number of hydrogen-bond donors (Lipinski definition) is 2.